The molecule has 0 aromatic heterocycles. The van der Waals surface area contributed by atoms with Gasteiger partial charge in [-0.05, 0) is 38.0 Å². The average Bonchev–Trinajstić information content (AvgIpc) is 2.60. The molecule has 0 amide bonds. The summed E-state index contributed by atoms with van der Waals surface area (Å²) in [5, 5.41) is 13.7. The first-order valence-electron chi connectivity index (χ1n) is 5.74. The van der Waals surface area contributed by atoms with E-state index in [-0.39, 0.29) is 5.54 Å². The van der Waals surface area contributed by atoms with E-state index >= 15 is 0 Å². The molecule has 0 bridgehead atoms. The Labute approximate surface area is 91.9 Å². The lowest BCUT2D eigenvalue weighted by molar-refractivity contribution is 0.165. The van der Waals surface area contributed by atoms with E-state index in [0.29, 0.717) is 6.61 Å². The van der Waals surface area contributed by atoms with Crippen LogP contribution in [0.2, 0.25) is 0 Å². The van der Waals surface area contributed by atoms with Crippen molar-refractivity contribution in [3.8, 4) is 0 Å². The van der Waals surface area contributed by atoms with Gasteiger partial charge in [-0.15, -0.1) is 0 Å². The summed E-state index contributed by atoms with van der Waals surface area (Å²) in [5.41, 5.74) is 0.0445. The molecule has 0 aromatic carbocycles. The normalized spacial score (nSPS) is 32.4. The topological polar surface area (TPSA) is 32.3 Å². The van der Waals surface area contributed by atoms with Crippen molar-refractivity contribution in [2.75, 3.05) is 18.9 Å². The fraction of sp³-hybridized carbons (Fsp3) is 1.00. The van der Waals surface area contributed by atoms with E-state index < -0.39 is 0 Å². The molecule has 2 atom stereocenters. The number of nitrogens with one attached hydrogen (secondary N) is 1. The maximum atomic E-state index is 9.46. The fourth-order valence-corrected chi connectivity index (χ4v) is 3.40. The van der Waals surface area contributed by atoms with Crippen molar-refractivity contribution in [3.63, 3.8) is 0 Å². The number of aliphatic hydroxyl groups excluding tert-OH is 1. The molecular weight excluding hydrogens is 194 g/mol. The summed E-state index contributed by atoms with van der Waals surface area (Å²) in [4.78, 5) is 0. The maximum Gasteiger partial charge on any atom is 0.0613 e. The molecule has 1 rings (SSSR count). The zero-order valence-corrected chi connectivity index (χ0v) is 10.2. The van der Waals surface area contributed by atoms with Crippen molar-refractivity contribution in [1.82, 2.24) is 5.32 Å². The number of hydrogen-bond acceptors (Lipinski definition) is 3. The van der Waals surface area contributed by atoms with E-state index in [9.17, 15) is 5.11 Å². The Morgan fingerprint density at radius 2 is 2.29 bits per heavy atom. The Kier molecular flexibility index (Phi) is 5.28. The summed E-state index contributed by atoms with van der Waals surface area (Å²) in [6.45, 7) is 5.71. The van der Waals surface area contributed by atoms with Crippen LogP contribution >= 0.6 is 11.8 Å². The lowest BCUT2D eigenvalue weighted by Crippen LogP contribution is -2.46. The van der Waals surface area contributed by atoms with Gasteiger partial charge >= 0.3 is 0 Å². The largest absolute Gasteiger partial charge is 0.394 e. The van der Waals surface area contributed by atoms with E-state index in [2.05, 4.69) is 19.2 Å². The van der Waals surface area contributed by atoms with Crippen LogP contribution in [0.1, 0.15) is 39.5 Å². The molecule has 2 N–H and O–H groups in total. The molecule has 14 heavy (non-hydrogen) atoms. The Morgan fingerprint density at radius 1 is 1.50 bits per heavy atom. The summed E-state index contributed by atoms with van der Waals surface area (Å²) in [5.74, 6) is 1.19. The molecule has 84 valence electrons. The minimum Gasteiger partial charge on any atom is -0.394 e. The summed E-state index contributed by atoms with van der Waals surface area (Å²) in [7, 11) is 0. The lowest BCUT2D eigenvalue weighted by atomic mass is 9.99. The molecular formula is C11H23NOS. The second-order valence-corrected chi connectivity index (χ2v) is 5.76. The number of rotatable bonds is 6. The van der Waals surface area contributed by atoms with Crippen molar-refractivity contribution in [3.05, 3.63) is 0 Å². The predicted molar refractivity (Wildman–Crippen MR) is 63.9 cm³/mol. The fourth-order valence-electron chi connectivity index (χ4n) is 2.21. The van der Waals surface area contributed by atoms with Crippen LogP contribution in [0.4, 0.5) is 0 Å². The smallest absolute Gasteiger partial charge is 0.0613 e. The summed E-state index contributed by atoms with van der Waals surface area (Å²) < 4.78 is 0. The second kappa shape index (κ2) is 5.99. The highest BCUT2D eigenvalue weighted by atomic mass is 32.2. The molecule has 0 aliphatic heterocycles. The summed E-state index contributed by atoms with van der Waals surface area (Å²) in [6, 6.07) is 0. The molecule has 1 aliphatic rings. The predicted octanol–water partition coefficient (Wildman–Crippen LogP) is 2.02. The molecule has 0 heterocycles. The maximum absolute atomic E-state index is 9.46. The van der Waals surface area contributed by atoms with Gasteiger partial charge in [0.05, 0.1) is 6.61 Å². The molecule has 0 saturated heterocycles. The lowest BCUT2D eigenvalue weighted by Gasteiger charge is -2.28. The zero-order chi connectivity index (χ0) is 10.4. The van der Waals surface area contributed by atoms with E-state index in [4.69, 9.17) is 0 Å². The second-order valence-electron chi connectivity index (χ2n) is 4.19. The quantitative estimate of drug-likeness (QED) is 0.714. The highest BCUT2D eigenvalue weighted by molar-refractivity contribution is 7.99. The van der Waals surface area contributed by atoms with Crippen LogP contribution < -0.4 is 5.32 Å². The van der Waals surface area contributed by atoms with Gasteiger partial charge in [0, 0.05) is 10.8 Å². The van der Waals surface area contributed by atoms with Gasteiger partial charge in [-0.1, -0.05) is 13.8 Å². The Bertz CT molecular complexity index is 165. The number of hydrogen-bond donors (Lipinski definition) is 2. The van der Waals surface area contributed by atoms with Crippen LogP contribution in [-0.2, 0) is 0 Å². The first kappa shape index (κ1) is 12.3. The molecule has 1 saturated carbocycles. The minimum atomic E-state index is 0.0445. The first-order chi connectivity index (χ1) is 6.76. The number of aliphatic hydroxyl groups is 1. The Balaban J connectivity index is 2.39. The van der Waals surface area contributed by atoms with Gasteiger partial charge in [-0.25, -0.2) is 0 Å². The molecule has 2 nitrogen and oxygen atoms in total. The van der Waals surface area contributed by atoms with E-state index in [1.165, 1.54) is 12.2 Å². The minimum absolute atomic E-state index is 0.0445. The standard InChI is InChI=1S/C11H23NOS/c1-3-7-12-11(9-13)6-5-10(8-11)14-4-2/h10,12-13H,3-9H2,1-2H3. The molecule has 1 aliphatic carbocycles. The van der Waals surface area contributed by atoms with Gasteiger partial charge in [-0.2, -0.15) is 11.8 Å². The van der Waals surface area contributed by atoms with E-state index in [1.54, 1.807) is 0 Å². The van der Waals surface area contributed by atoms with Crippen molar-refractivity contribution in [2.24, 2.45) is 0 Å². The highest BCUT2D eigenvalue weighted by Gasteiger charge is 2.37. The summed E-state index contributed by atoms with van der Waals surface area (Å²) >= 11 is 2.04. The third kappa shape index (κ3) is 3.14. The summed E-state index contributed by atoms with van der Waals surface area (Å²) in [6.07, 6.45) is 4.69. The van der Waals surface area contributed by atoms with E-state index in [0.717, 1.165) is 31.1 Å². The molecule has 3 heteroatoms. The Hall–Kier alpha value is 0.270. The van der Waals surface area contributed by atoms with Gasteiger partial charge in [0.15, 0.2) is 0 Å². The molecule has 0 radical (unpaired) electrons. The van der Waals surface area contributed by atoms with Crippen molar-refractivity contribution in [2.45, 2.75) is 50.3 Å². The van der Waals surface area contributed by atoms with Crippen LogP contribution in [0.5, 0.6) is 0 Å². The van der Waals surface area contributed by atoms with Crippen LogP contribution in [-0.4, -0.2) is 34.8 Å². The van der Waals surface area contributed by atoms with Crippen LogP contribution in [0.3, 0.4) is 0 Å². The molecule has 1 fully saturated rings. The van der Waals surface area contributed by atoms with Crippen LogP contribution in [0, 0.1) is 0 Å². The van der Waals surface area contributed by atoms with Crippen molar-refractivity contribution in [1.29, 1.82) is 0 Å². The molecule has 0 aromatic rings. The average molecular weight is 217 g/mol. The van der Waals surface area contributed by atoms with Gasteiger partial charge in [0.1, 0.15) is 0 Å². The van der Waals surface area contributed by atoms with Gasteiger partial charge < -0.3 is 10.4 Å². The van der Waals surface area contributed by atoms with Crippen molar-refractivity contribution >= 4 is 11.8 Å². The van der Waals surface area contributed by atoms with Gasteiger partial charge in [-0.3, -0.25) is 0 Å². The van der Waals surface area contributed by atoms with Gasteiger partial charge in [0.2, 0.25) is 0 Å². The first-order valence-corrected chi connectivity index (χ1v) is 6.78. The third-order valence-corrected chi connectivity index (χ3v) is 4.23. The Morgan fingerprint density at radius 3 is 2.86 bits per heavy atom. The highest BCUT2D eigenvalue weighted by Crippen LogP contribution is 2.36. The molecule has 2 unspecified atom stereocenters. The van der Waals surface area contributed by atoms with E-state index in [1.807, 2.05) is 11.8 Å². The third-order valence-electron chi connectivity index (χ3n) is 3.02. The van der Waals surface area contributed by atoms with Gasteiger partial charge in [0.25, 0.3) is 0 Å². The zero-order valence-electron chi connectivity index (χ0n) is 9.38. The number of thioether (sulfide) groups is 1. The van der Waals surface area contributed by atoms with Crippen LogP contribution in [0.15, 0.2) is 0 Å². The molecule has 0 spiro atoms. The monoisotopic (exact) mass is 217 g/mol. The van der Waals surface area contributed by atoms with Crippen LogP contribution in [0.25, 0.3) is 0 Å². The SMILES string of the molecule is CCCNC1(CO)CCC(SCC)C1. The van der Waals surface area contributed by atoms with Crippen molar-refractivity contribution < 1.29 is 5.11 Å².